The van der Waals surface area contributed by atoms with Crippen molar-refractivity contribution >= 4 is 11.9 Å². The van der Waals surface area contributed by atoms with E-state index < -0.39 is 0 Å². The molecule has 1 atom stereocenters. The molecule has 134 valence electrons. The van der Waals surface area contributed by atoms with Crippen LogP contribution in [0.25, 0.3) is 0 Å². The average molecular weight is 343 g/mol. The summed E-state index contributed by atoms with van der Waals surface area (Å²) in [6, 6.07) is 0.173. The predicted molar refractivity (Wildman–Crippen MR) is 95.3 cm³/mol. The highest BCUT2D eigenvalue weighted by Gasteiger charge is 2.25. The summed E-state index contributed by atoms with van der Waals surface area (Å²) in [5, 5.41) is 10.6. The van der Waals surface area contributed by atoms with Gasteiger partial charge in [-0.1, -0.05) is 6.42 Å². The zero-order chi connectivity index (χ0) is 17.8. The molecule has 0 saturated carbocycles. The Labute approximate surface area is 147 Å². The summed E-state index contributed by atoms with van der Waals surface area (Å²) in [6.45, 7) is 1.43. The smallest absolute Gasteiger partial charge is 0.257 e. The minimum absolute atomic E-state index is 0.0483. The number of hydrogen-bond acceptors (Lipinski definition) is 6. The van der Waals surface area contributed by atoms with Crippen molar-refractivity contribution < 1.29 is 4.79 Å². The summed E-state index contributed by atoms with van der Waals surface area (Å²) < 4.78 is 0. The number of aromatic amines is 1. The van der Waals surface area contributed by atoms with E-state index in [2.05, 4.69) is 25.5 Å². The van der Waals surface area contributed by atoms with Crippen LogP contribution in [0.1, 0.15) is 46.9 Å². The van der Waals surface area contributed by atoms with E-state index in [0.717, 1.165) is 30.6 Å². The fourth-order valence-corrected chi connectivity index (χ4v) is 3.04. The molecule has 1 unspecified atom stereocenters. The second kappa shape index (κ2) is 7.60. The third-order valence-corrected chi connectivity index (χ3v) is 4.42. The molecule has 2 aromatic heterocycles. The number of hydrogen-bond donors (Lipinski definition) is 2. The molecule has 8 heteroatoms. The van der Waals surface area contributed by atoms with Crippen LogP contribution in [-0.4, -0.2) is 58.7 Å². The Morgan fingerprint density at radius 2 is 1.96 bits per heavy atom. The van der Waals surface area contributed by atoms with Gasteiger partial charge in [-0.15, -0.1) is 0 Å². The van der Waals surface area contributed by atoms with Crippen molar-refractivity contribution in [3.63, 3.8) is 0 Å². The van der Waals surface area contributed by atoms with Gasteiger partial charge < -0.3 is 15.1 Å². The number of nitrogens with one attached hydrogen (secondary N) is 2. The molecule has 0 radical (unpaired) electrons. The van der Waals surface area contributed by atoms with Crippen molar-refractivity contribution in [1.29, 1.82) is 0 Å². The standard InChI is InChI=1S/C17H25N7O/c1-23(2)17-19-8-12(9-20-17)11-24(3)16(25)13-10-21-22-15(13)14-6-4-5-7-18-14/h8-10,14,18H,4-7,11H2,1-3H3,(H,21,22). The molecule has 2 N–H and O–H groups in total. The SMILES string of the molecule is CN(Cc1cnc(N(C)C)nc1)C(=O)c1cn[nH]c1C1CCCCN1. The van der Waals surface area contributed by atoms with Crippen LogP contribution in [0.5, 0.6) is 0 Å². The van der Waals surface area contributed by atoms with E-state index in [4.69, 9.17) is 0 Å². The lowest BCUT2D eigenvalue weighted by molar-refractivity contribution is 0.0782. The van der Waals surface area contributed by atoms with E-state index in [-0.39, 0.29) is 11.9 Å². The molecule has 0 spiro atoms. The van der Waals surface area contributed by atoms with Gasteiger partial charge in [-0.25, -0.2) is 9.97 Å². The van der Waals surface area contributed by atoms with Crippen LogP contribution in [0.2, 0.25) is 0 Å². The molecule has 3 heterocycles. The summed E-state index contributed by atoms with van der Waals surface area (Å²) in [5.74, 6) is 0.603. The Bertz CT molecular complexity index is 704. The van der Waals surface area contributed by atoms with Crippen LogP contribution in [0, 0.1) is 0 Å². The Morgan fingerprint density at radius 3 is 2.60 bits per heavy atom. The molecule has 0 bridgehead atoms. The van der Waals surface area contributed by atoms with Gasteiger partial charge in [0.25, 0.3) is 5.91 Å². The Kier molecular flexibility index (Phi) is 5.28. The highest BCUT2D eigenvalue weighted by Crippen LogP contribution is 2.24. The van der Waals surface area contributed by atoms with Gasteiger partial charge in [0, 0.05) is 51.7 Å². The highest BCUT2D eigenvalue weighted by molar-refractivity contribution is 5.95. The molecule has 2 aromatic rings. The molecule has 1 fully saturated rings. The van der Waals surface area contributed by atoms with Crippen molar-refractivity contribution in [3.05, 3.63) is 35.4 Å². The van der Waals surface area contributed by atoms with Crippen LogP contribution in [0.4, 0.5) is 5.95 Å². The third-order valence-electron chi connectivity index (χ3n) is 4.42. The van der Waals surface area contributed by atoms with Gasteiger partial charge in [-0.2, -0.15) is 5.10 Å². The quantitative estimate of drug-likeness (QED) is 0.852. The lowest BCUT2D eigenvalue weighted by Crippen LogP contribution is -2.31. The first-order valence-electron chi connectivity index (χ1n) is 8.56. The molecular formula is C17H25N7O. The largest absolute Gasteiger partial charge is 0.347 e. The number of rotatable bonds is 5. The lowest BCUT2D eigenvalue weighted by atomic mass is 9.99. The van der Waals surface area contributed by atoms with E-state index in [9.17, 15) is 4.79 Å². The van der Waals surface area contributed by atoms with E-state index in [1.807, 2.05) is 19.0 Å². The van der Waals surface area contributed by atoms with Crippen molar-refractivity contribution in [1.82, 2.24) is 30.4 Å². The number of carbonyl (C=O) groups excluding carboxylic acids is 1. The average Bonchev–Trinajstić information content (AvgIpc) is 3.12. The van der Waals surface area contributed by atoms with Crippen LogP contribution in [0.3, 0.4) is 0 Å². The third kappa shape index (κ3) is 3.96. The first kappa shape index (κ1) is 17.3. The van der Waals surface area contributed by atoms with Gasteiger partial charge in [-0.05, 0) is 19.4 Å². The zero-order valence-corrected chi connectivity index (χ0v) is 15.0. The topological polar surface area (TPSA) is 90.0 Å². The van der Waals surface area contributed by atoms with E-state index in [1.165, 1.54) is 6.42 Å². The highest BCUT2D eigenvalue weighted by atomic mass is 16.2. The van der Waals surface area contributed by atoms with Crippen LogP contribution in [-0.2, 0) is 6.54 Å². The monoisotopic (exact) mass is 343 g/mol. The first-order chi connectivity index (χ1) is 12.1. The summed E-state index contributed by atoms with van der Waals surface area (Å²) in [5.41, 5.74) is 2.41. The molecule has 1 aliphatic rings. The first-order valence-corrected chi connectivity index (χ1v) is 8.56. The summed E-state index contributed by atoms with van der Waals surface area (Å²) >= 11 is 0. The normalized spacial score (nSPS) is 17.3. The molecule has 1 saturated heterocycles. The maximum Gasteiger partial charge on any atom is 0.257 e. The van der Waals surface area contributed by atoms with Crippen molar-refractivity contribution in [2.24, 2.45) is 0 Å². The number of H-pyrrole nitrogens is 1. The number of piperidine rings is 1. The van der Waals surface area contributed by atoms with Crippen LogP contribution >= 0.6 is 0 Å². The second-order valence-electron chi connectivity index (χ2n) is 6.65. The Hall–Kier alpha value is -2.48. The summed E-state index contributed by atoms with van der Waals surface area (Å²) in [7, 11) is 5.57. The molecule has 25 heavy (non-hydrogen) atoms. The minimum Gasteiger partial charge on any atom is -0.347 e. The maximum atomic E-state index is 12.8. The molecule has 1 amide bonds. The molecule has 8 nitrogen and oxygen atoms in total. The van der Waals surface area contributed by atoms with Crippen molar-refractivity contribution in [3.8, 4) is 0 Å². The van der Waals surface area contributed by atoms with Crippen molar-refractivity contribution in [2.75, 3.05) is 32.6 Å². The lowest BCUT2D eigenvalue weighted by Gasteiger charge is -2.24. The van der Waals surface area contributed by atoms with Gasteiger partial charge in [0.1, 0.15) is 0 Å². The Morgan fingerprint density at radius 1 is 1.20 bits per heavy atom. The molecular weight excluding hydrogens is 318 g/mol. The Balaban J connectivity index is 1.69. The van der Waals surface area contributed by atoms with Gasteiger partial charge in [0.05, 0.1) is 17.5 Å². The van der Waals surface area contributed by atoms with Gasteiger partial charge in [0.2, 0.25) is 5.95 Å². The number of nitrogens with zero attached hydrogens (tertiary/aromatic N) is 5. The number of carbonyl (C=O) groups is 1. The van der Waals surface area contributed by atoms with Gasteiger partial charge in [0.15, 0.2) is 0 Å². The van der Waals surface area contributed by atoms with Crippen LogP contribution in [0.15, 0.2) is 18.6 Å². The summed E-state index contributed by atoms with van der Waals surface area (Å²) in [6.07, 6.45) is 8.49. The van der Waals surface area contributed by atoms with E-state index in [0.29, 0.717) is 18.1 Å². The fourth-order valence-electron chi connectivity index (χ4n) is 3.04. The van der Waals surface area contributed by atoms with E-state index >= 15 is 0 Å². The number of aromatic nitrogens is 4. The van der Waals surface area contributed by atoms with Gasteiger partial charge in [-0.3, -0.25) is 9.89 Å². The number of anilines is 1. The fraction of sp³-hybridized carbons (Fsp3) is 0.529. The molecule has 3 rings (SSSR count). The van der Waals surface area contributed by atoms with Crippen LogP contribution < -0.4 is 10.2 Å². The van der Waals surface area contributed by atoms with Gasteiger partial charge >= 0.3 is 0 Å². The molecule has 0 aromatic carbocycles. The van der Waals surface area contributed by atoms with Crippen molar-refractivity contribution in [2.45, 2.75) is 31.8 Å². The number of amides is 1. The second-order valence-corrected chi connectivity index (χ2v) is 6.65. The summed E-state index contributed by atoms with van der Waals surface area (Å²) in [4.78, 5) is 24.9. The van der Waals surface area contributed by atoms with E-state index in [1.54, 1.807) is 30.5 Å². The molecule has 0 aliphatic carbocycles. The molecule has 1 aliphatic heterocycles. The predicted octanol–water partition coefficient (Wildman–Crippen LogP) is 1.35. The minimum atomic E-state index is -0.0483. The zero-order valence-electron chi connectivity index (χ0n) is 15.0. The maximum absolute atomic E-state index is 12.8.